The fraction of sp³-hybridized carbons (Fsp3) is 0.360. The monoisotopic (exact) mass is 453 g/mol. The molecule has 4 rings (SSSR count). The van der Waals surface area contributed by atoms with Gasteiger partial charge in [-0.1, -0.05) is 6.07 Å². The third kappa shape index (κ3) is 5.00. The Hall–Kier alpha value is -2.77. The molecule has 0 N–H and O–H groups in total. The first-order valence-electron chi connectivity index (χ1n) is 10.9. The Labute approximate surface area is 192 Å². The maximum Gasteiger partial charge on any atom is 0.253 e. The van der Waals surface area contributed by atoms with E-state index >= 15 is 0 Å². The fourth-order valence-electron chi connectivity index (χ4n) is 4.28. The molecule has 3 aromatic rings. The summed E-state index contributed by atoms with van der Waals surface area (Å²) in [6.45, 7) is 7.72. The summed E-state index contributed by atoms with van der Waals surface area (Å²) in [4.78, 5) is 30.9. The predicted molar refractivity (Wildman–Crippen MR) is 125 cm³/mol. The lowest BCUT2D eigenvalue weighted by atomic mass is 10.1. The van der Waals surface area contributed by atoms with Crippen LogP contribution in [-0.2, 0) is 13.0 Å². The summed E-state index contributed by atoms with van der Waals surface area (Å²) >= 11 is 1.76. The van der Waals surface area contributed by atoms with Crippen LogP contribution in [0.25, 0.3) is 0 Å². The molecule has 0 atom stereocenters. The summed E-state index contributed by atoms with van der Waals surface area (Å²) in [7, 11) is 0. The minimum Gasteiger partial charge on any atom is -0.348 e. The number of aryl methyl sites for hydroxylation is 2. The van der Waals surface area contributed by atoms with Crippen LogP contribution in [0.3, 0.4) is 0 Å². The van der Waals surface area contributed by atoms with Gasteiger partial charge in [-0.3, -0.25) is 14.5 Å². The molecule has 1 aliphatic heterocycles. The van der Waals surface area contributed by atoms with E-state index in [0.29, 0.717) is 38.3 Å². The Kier molecular flexibility index (Phi) is 6.86. The highest BCUT2D eigenvalue weighted by molar-refractivity contribution is 7.09. The van der Waals surface area contributed by atoms with Gasteiger partial charge in [-0.25, -0.2) is 4.39 Å². The van der Waals surface area contributed by atoms with Crippen LogP contribution < -0.4 is 0 Å². The van der Waals surface area contributed by atoms with Gasteiger partial charge in [0.1, 0.15) is 5.82 Å². The molecule has 5 nitrogen and oxygen atoms in total. The van der Waals surface area contributed by atoms with E-state index < -0.39 is 0 Å². The predicted octanol–water partition coefficient (Wildman–Crippen LogP) is 4.19. The van der Waals surface area contributed by atoms with Gasteiger partial charge >= 0.3 is 0 Å². The van der Waals surface area contributed by atoms with E-state index in [9.17, 15) is 14.0 Å². The van der Waals surface area contributed by atoms with E-state index in [0.717, 1.165) is 29.9 Å². The van der Waals surface area contributed by atoms with Crippen LogP contribution in [-0.4, -0.2) is 58.8 Å². The molecule has 1 aromatic carbocycles. The van der Waals surface area contributed by atoms with Gasteiger partial charge in [0.05, 0.1) is 6.54 Å². The maximum absolute atomic E-state index is 13.1. The van der Waals surface area contributed by atoms with E-state index in [1.54, 1.807) is 16.2 Å². The Morgan fingerprint density at radius 1 is 1.03 bits per heavy atom. The number of amides is 1. The minimum absolute atomic E-state index is 0.0923. The van der Waals surface area contributed by atoms with Gasteiger partial charge in [-0.05, 0) is 62.0 Å². The molecule has 1 aliphatic rings. The number of carbonyl (C=O) groups excluding carboxylic acids is 2. The zero-order valence-electron chi connectivity index (χ0n) is 18.5. The van der Waals surface area contributed by atoms with Crippen molar-refractivity contribution in [1.82, 2.24) is 14.4 Å². The van der Waals surface area contributed by atoms with Crippen molar-refractivity contribution in [1.29, 1.82) is 0 Å². The quantitative estimate of drug-likeness (QED) is 0.504. The van der Waals surface area contributed by atoms with Crippen molar-refractivity contribution in [2.45, 2.75) is 26.8 Å². The summed E-state index contributed by atoms with van der Waals surface area (Å²) in [5, 5.41) is 2.09. The number of carbonyl (C=O) groups is 2. The second kappa shape index (κ2) is 9.79. The van der Waals surface area contributed by atoms with Crippen molar-refractivity contribution in [2.75, 3.05) is 32.7 Å². The summed E-state index contributed by atoms with van der Waals surface area (Å²) in [6.07, 6.45) is 0.964. The van der Waals surface area contributed by atoms with Crippen molar-refractivity contribution in [3.63, 3.8) is 0 Å². The van der Waals surface area contributed by atoms with Crippen molar-refractivity contribution in [3.05, 3.63) is 81.1 Å². The van der Waals surface area contributed by atoms with Gasteiger partial charge in [0.15, 0.2) is 5.78 Å². The first-order valence-corrected chi connectivity index (χ1v) is 11.8. The molecular weight excluding hydrogens is 425 g/mol. The van der Waals surface area contributed by atoms with Crippen LogP contribution in [0.5, 0.6) is 0 Å². The zero-order valence-corrected chi connectivity index (χ0v) is 19.3. The number of thiophene rings is 1. The van der Waals surface area contributed by atoms with E-state index in [1.807, 2.05) is 13.0 Å². The third-order valence-electron chi connectivity index (χ3n) is 6.15. The number of Topliss-reactive ketones (excluding diaryl/α,β-unsaturated/α-hetero) is 1. The van der Waals surface area contributed by atoms with E-state index in [-0.39, 0.29) is 17.5 Å². The Bertz CT molecular complexity index is 1080. The highest BCUT2D eigenvalue weighted by Gasteiger charge is 2.25. The number of nitrogens with zero attached hydrogens (tertiary/aromatic N) is 3. The van der Waals surface area contributed by atoms with Gasteiger partial charge in [0, 0.05) is 60.1 Å². The summed E-state index contributed by atoms with van der Waals surface area (Å²) in [6, 6.07) is 11.9. The normalized spacial score (nSPS) is 14.7. The van der Waals surface area contributed by atoms with E-state index in [2.05, 4.69) is 33.9 Å². The molecule has 0 bridgehead atoms. The summed E-state index contributed by atoms with van der Waals surface area (Å²) in [5.41, 5.74) is 3.41. The Morgan fingerprint density at radius 2 is 1.75 bits per heavy atom. The second-order valence-electron chi connectivity index (χ2n) is 8.26. The van der Waals surface area contributed by atoms with Crippen molar-refractivity contribution < 1.29 is 14.0 Å². The number of benzene rings is 1. The van der Waals surface area contributed by atoms with Crippen LogP contribution in [0.15, 0.2) is 47.8 Å². The number of rotatable bonds is 7. The minimum atomic E-state index is -0.351. The number of halogens is 1. The third-order valence-corrected chi connectivity index (χ3v) is 7.09. The van der Waals surface area contributed by atoms with E-state index in [4.69, 9.17) is 0 Å². The lowest BCUT2D eigenvalue weighted by Crippen LogP contribution is -2.49. The highest BCUT2D eigenvalue weighted by atomic mass is 32.1. The molecule has 1 saturated heterocycles. The molecule has 0 spiro atoms. The second-order valence-corrected chi connectivity index (χ2v) is 9.30. The van der Waals surface area contributed by atoms with Gasteiger partial charge in [-0.2, -0.15) is 0 Å². The molecule has 2 aromatic heterocycles. The van der Waals surface area contributed by atoms with Gasteiger partial charge in [0.25, 0.3) is 5.91 Å². The maximum atomic E-state index is 13.1. The molecule has 32 heavy (non-hydrogen) atoms. The standard InChI is InChI=1S/C25H28FN3O2S/c1-18-16-23(19(2)29(18)10-9-22-4-3-15-32-22)24(30)17-27-11-13-28(14-12-27)25(31)20-5-7-21(26)8-6-20/h3-8,15-16H,9-14,17H2,1-2H3. The molecule has 0 saturated carbocycles. The largest absolute Gasteiger partial charge is 0.348 e. The molecule has 0 unspecified atom stereocenters. The van der Waals surface area contributed by atoms with Crippen molar-refractivity contribution >= 4 is 23.0 Å². The molecule has 1 fully saturated rings. The summed E-state index contributed by atoms with van der Waals surface area (Å²) in [5.74, 6) is -0.320. The Morgan fingerprint density at radius 3 is 2.41 bits per heavy atom. The number of ketones is 1. The smallest absolute Gasteiger partial charge is 0.253 e. The van der Waals surface area contributed by atoms with Crippen LogP contribution in [0.4, 0.5) is 4.39 Å². The van der Waals surface area contributed by atoms with Gasteiger partial charge in [-0.15, -0.1) is 11.3 Å². The van der Waals surface area contributed by atoms with Gasteiger partial charge in [0.2, 0.25) is 0 Å². The molecule has 168 valence electrons. The number of piperazine rings is 1. The number of hydrogen-bond acceptors (Lipinski definition) is 4. The average Bonchev–Trinajstić information content (AvgIpc) is 3.41. The lowest BCUT2D eigenvalue weighted by molar-refractivity contribution is 0.0624. The molecule has 3 heterocycles. The molecule has 1 amide bonds. The summed E-state index contributed by atoms with van der Waals surface area (Å²) < 4.78 is 15.3. The van der Waals surface area contributed by atoms with Crippen molar-refractivity contribution in [2.24, 2.45) is 0 Å². The fourth-order valence-corrected chi connectivity index (χ4v) is 4.97. The van der Waals surface area contributed by atoms with Gasteiger partial charge < -0.3 is 9.47 Å². The zero-order chi connectivity index (χ0) is 22.7. The molecule has 0 radical (unpaired) electrons. The SMILES string of the molecule is Cc1cc(C(=O)CN2CCN(C(=O)c3ccc(F)cc3)CC2)c(C)n1CCc1cccs1. The molecule has 0 aliphatic carbocycles. The van der Waals surface area contributed by atoms with E-state index in [1.165, 1.54) is 29.1 Å². The Balaban J connectivity index is 1.32. The van der Waals surface area contributed by atoms with Crippen LogP contribution in [0.2, 0.25) is 0 Å². The lowest BCUT2D eigenvalue weighted by Gasteiger charge is -2.34. The topological polar surface area (TPSA) is 45.6 Å². The van der Waals surface area contributed by atoms with Crippen LogP contribution in [0.1, 0.15) is 37.0 Å². The first kappa shape index (κ1) is 22.4. The molecule has 7 heteroatoms. The van der Waals surface area contributed by atoms with Crippen LogP contribution >= 0.6 is 11.3 Å². The van der Waals surface area contributed by atoms with Crippen LogP contribution in [0, 0.1) is 19.7 Å². The highest BCUT2D eigenvalue weighted by Crippen LogP contribution is 2.19. The number of aromatic nitrogens is 1. The molecular formula is C25H28FN3O2S. The first-order chi connectivity index (χ1) is 15.4. The average molecular weight is 454 g/mol. The van der Waals surface area contributed by atoms with Crippen molar-refractivity contribution in [3.8, 4) is 0 Å². The number of hydrogen-bond donors (Lipinski definition) is 0.